The summed E-state index contributed by atoms with van der Waals surface area (Å²) < 4.78 is 23.4. The molecule has 3 rings (SSSR count). The number of halogens is 1. The Morgan fingerprint density at radius 3 is 2.93 bits per heavy atom. The van der Waals surface area contributed by atoms with Crippen molar-refractivity contribution in [1.82, 2.24) is 9.97 Å². The van der Waals surface area contributed by atoms with E-state index in [9.17, 15) is 14.3 Å². The van der Waals surface area contributed by atoms with Crippen LogP contribution in [0.2, 0.25) is 0 Å². The molecule has 7 heteroatoms. The quantitative estimate of drug-likeness (QED) is 0.763. The van der Waals surface area contributed by atoms with E-state index in [0.29, 0.717) is 18.2 Å². The molecule has 0 amide bonds. The Morgan fingerprint density at radius 1 is 1.32 bits per heavy atom. The molecule has 0 bridgehead atoms. The van der Waals surface area contributed by atoms with Crippen LogP contribution < -0.4 is 0 Å². The molecule has 0 spiro atoms. The zero-order valence-electron chi connectivity index (χ0n) is 15.7. The monoisotopic (exact) mass is 384 g/mol. The number of carbonyl (C=O) groups is 1. The number of hydrogen-bond acceptors (Lipinski definition) is 6. The van der Waals surface area contributed by atoms with Crippen LogP contribution in [-0.4, -0.2) is 40.9 Å². The number of allylic oxidation sites excluding steroid dienone is 6. The Morgan fingerprint density at radius 2 is 2.14 bits per heavy atom. The second-order valence-electron chi connectivity index (χ2n) is 6.57. The first-order chi connectivity index (χ1) is 13.5. The second-order valence-corrected chi connectivity index (χ2v) is 6.57. The third kappa shape index (κ3) is 4.61. The molecule has 28 heavy (non-hydrogen) atoms. The molecule has 0 saturated heterocycles. The maximum absolute atomic E-state index is 13.3. The molecule has 0 fully saturated rings. The van der Waals surface area contributed by atoms with Crippen molar-refractivity contribution in [3.8, 4) is 5.75 Å². The standard InChI is InChI=1S/C21H21FN2O4/c1-13(12-27-2)28-21(26)19-20(25)18-16(11-24-19)9-15(10-23-18)8-14-4-3-5-17(22)7-6-14/h3,5-7,9-11,13,25H,4,8,12H2,1-2H3. The van der Waals surface area contributed by atoms with Gasteiger partial charge in [0.15, 0.2) is 11.4 Å². The summed E-state index contributed by atoms with van der Waals surface area (Å²) in [5.74, 6) is -1.33. The van der Waals surface area contributed by atoms with Crippen LogP contribution in [0.5, 0.6) is 5.75 Å². The molecule has 6 nitrogen and oxygen atoms in total. The van der Waals surface area contributed by atoms with Crippen molar-refractivity contribution in [2.75, 3.05) is 13.7 Å². The maximum atomic E-state index is 13.3. The van der Waals surface area contributed by atoms with Crippen molar-refractivity contribution in [3.63, 3.8) is 0 Å². The number of pyridine rings is 2. The van der Waals surface area contributed by atoms with Crippen molar-refractivity contribution >= 4 is 16.9 Å². The number of carbonyl (C=O) groups excluding carboxylic acids is 1. The number of esters is 1. The maximum Gasteiger partial charge on any atom is 0.361 e. The van der Waals surface area contributed by atoms with Gasteiger partial charge in [-0.2, -0.15) is 0 Å². The molecule has 1 aliphatic rings. The summed E-state index contributed by atoms with van der Waals surface area (Å²) in [6, 6.07) is 1.84. The van der Waals surface area contributed by atoms with E-state index in [1.165, 1.54) is 25.5 Å². The van der Waals surface area contributed by atoms with Crippen LogP contribution in [-0.2, 0) is 15.9 Å². The fourth-order valence-electron chi connectivity index (χ4n) is 2.92. The molecule has 146 valence electrons. The number of fused-ring (bicyclic) bond motifs is 1. The Hall–Kier alpha value is -3.06. The number of rotatable bonds is 6. The van der Waals surface area contributed by atoms with Crippen molar-refractivity contribution in [3.05, 3.63) is 65.4 Å². The molecule has 0 saturated carbocycles. The summed E-state index contributed by atoms with van der Waals surface area (Å²) >= 11 is 0. The summed E-state index contributed by atoms with van der Waals surface area (Å²) in [4.78, 5) is 20.5. The van der Waals surface area contributed by atoms with Crippen LogP contribution in [0, 0.1) is 0 Å². The van der Waals surface area contributed by atoms with Gasteiger partial charge < -0.3 is 14.6 Å². The van der Waals surface area contributed by atoms with E-state index in [1.54, 1.807) is 25.3 Å². The van der Waals surface area contributed by atoms with E-state index in [1.807, 2.05) is 6.07 Å². The lowest BCUT2D eigenvalue weighted by atomic mass is 10.0. The second kappa shape index (κ2) is 8.75. The van der Waals surface area contributed by atoms with Crippen LogP contribution in [0.4, 0.5) is 4.39 Å². The number of methoxy groups -OCH3 is 1. The molecular formula is C21H21FN2O4. The largest absolute Gasteiger partial charge is 0.504 e. The molecule has 1 aliphatic carbocycles. The normalized spacial score (nSPS) is 15.0. The van der Waals surface area contributed by atoms with Gasteiger partial charge in [-0.1, -0.05) is 17.7 Å². The summed E-state index contributed by atoms with van der Waals surface area (Å²) in [6.07, 6.45) is 10.3. The number of ether oxygens (including phenoxy) is 2. The summed E-state index contributed by atoms with van der Waals surface area (Å²) in [5.41, 5.74) is 2.02. The first-order valence-electron chi connectivity index (χ1n) is 8.86. The molecule has 1 unspecified atom stereocenters. The summed E-state index contributed by atoms with van der Waals surface area (Å²) in [5, 5.41) is 11.0. The fourth-order valence-corrected chi connectivity index (χ4v) is 2.92. The van der Waals surface area contributed by atoms with Crippen molar-refractivity contribution < 1.29 is 23.8 Å². The van der Waals surface area contributed by atoms with E-state index in [0.717, 1.165) is 11.1 Å². The lowest BCUT2D eigenvalue weighted by molar-refractivity contribution is 0.0112. The minimum atomic E-state index is -0.737. The van der Waals surface area contributed by atoms with Gasteiger partial charge in [0.05, 0.1) is 6.61 Å². The van der Waals surface area contributed by atoms with E-state index in [-0.39, 0.29) is 29.4 Å². The Kier molecular flexibility index (Phi) is 6.16. The molecule has 1 atom stereocenters. The van der Waals surface area contributed by atoms with E-state index >= 15 is 0 Å². The van der Waals surface area contributed by atoms with Gasteiger partial charge in [0.2, 0.25) is 0 Å². The van der Waals surface area contributed by atoms with Crippen molar-refractivity contribution in [2.45, 2.75) is 25.9 Å². The van der Waals surface area contributed by atoms with Crippen LogP contribution in [0.25, 0.3) is 10.9 Å². The SMILES string of the molecule is COCC(C)OC(=O)c1ncc2cc(CC3=CC=C(F)C=CC3)cnc2c1O. The average molecular weight is 384 g/mol. The number of nitrogens with zero attached hydrogens (tertiary/aromatic N) is 2. The first kappa shape index (κ1) is 19.7. The number of aromatic nitrogens is 2. The number of aromatic hydroxyl groups is 1. The van der Waals surface area contributed by atoms with Gasteiger partial charge in [-0.3, -0.25) is 4.98 Å². The Balaban J connectivity index is 1.82. The minimum absolute atomic E-state index is 0.187. The van der Waals surface area contributed by atoms with E-state index in [4.69, 9.17) is 9.47 Å². The third-order valence-electron chi connectivity index (χ3n) is 4.22. The van der Waals surface area contributed by atoms with Gasteiger partial charge in [-0.05, 0) is 43.5 Å². The molecule has 1 N–H and O–H groups in total. The molecule has 2 aromatic heterocycles. The van der Waals surface area contributed by atoms with Gasteiger partial charge in [0.25, 0.3) is 0 Å². The van der Waals surface area contributed by atoms with Crippen molar-refractivity contribution in [1.29, 1.82) is 0 Å². The third-order valence-corrected chi connectivity index (χ3v) is 4.22. The smallest absolute Gasteiger partial charge is 0.361 e. The highest BCUT2D eigenvalue weighted by molar-refractivity contribution is 5.97. The van der Waals surface area contributed by atoms with Crippen molar-refractivity contribution in [2.24, 2.45) is 0 Å². The fraction of sp³-hybridized carbons (Fsp3) is 0.286. The van der Waals surface area contributed by atoms with Crippen LogP contribution >= 0.6 is 0 Å². The number of hydrogen-bond donors (Lipinski definition) is 1. The van der Waals surface area contributed by atoms with Crippen LogP contribution in [0.3, 0.4) is 0 Å². The zero-order valence-corrected chi connectivity index (χ0v) is 15.7. The topological polar surface area (TPSA) is 81.5 Å². The van der Waals surface area contributed by atoms with E-state index in [2.05, 4.69) is 9.97 Å². The molecule has 0 aromatic carbocycles. The highest BCUT2D eigenvalue weighted by Crippen LogP contribution is 2.27. The predicted octanol–water partition coefficient (Wildman–Crippen LogP) is 3.81. The summed E-state index contributed by atoms with van der Waals surface area (Å²) in [7, 11) is 1.51. The lowest BCUT2D eigenvalue weighted by Crippen LogP contribution is -2.20. The average Bonchev–Trinajstić information content (AvgIpc) is 2.86. The van der Waals surface area contributed by atoms with Gasteiger partial charge >= 0.3 is 5.97 Å². The highest BCUT2D eigenvalue weighted by atomic mass is 19.1. The molecule has 2 heterocycles. The summed E-state index contributed by atoms with van der Waals surface area (Å²) in [6.45, 7) is 1.92. The van der Waals surface area contributed by atoms with Gasteiger partial charge in [0.1, 0.15) is 17.4 Å². The zero-order chi connectivity index (χ0) is 20.1. The Bertz CT molecular complexity index is 982. The molecule has 0 aliphatic heterocycles. The molecular weight excluding hydrogens is 363 g/mol. The highest BCUT2D eigenvalue weighted by Gasteiger charge is 2.20. The van der Waals surface area contributed by atoms with Crippen LogP contribution in [0.1, 0.15) is 29.4 Å². The molecule has 0 radical (unpaired) electrons. The van der Waals surface area contributed by atoms with Crippen LogP contribution in [0.15, 0.2) is 54.2 Å². The van der Waals surface area contributed by atoms with Gasteiger partial charge in [0, 0.05) is 24.9 Å². The van der Waals surface area contributed by atoms with Gasteiger partial charge in [-0.15, -0.1) is 0 Å². The molecule has 2 aromatic rings. The van der Waals surface area contributed by atoms with Gasteiger partial charge in [-0.25, -0.2) is 14.2 Å². The first-order valence-corrected chi connectivity index (χ1v) is 8.86. The lowest BCUT2D eigenvalue weighted by Gasteiger charge is -2.13. The predicted molar refractivity (Wildman–Crippen MR) is 103 cm³/mol. The Labute approximate surface area is 162 Å². The minimum Gasteiger partial charge on any atom is -0.504 e. The van der Waals surface area contributed by atoms with E-state index < -0.39 is 12.1 Å².